The number of ether oxygens (including phenoxy) is 3. The van der Waals surface area contributed by atoms with Crippen LogP contribution in [0.2, 0.25) is 0 Å². The molecule has 0 amide bonds. The van der Waals surface area contributed by atoms with Crippen LogP contribution in [0, 0.1) is 0 Å². The lowest BCUT2D eigenvalue weighted by Crippen LogP contribution is -2.03. The maximum atomic E-state index is 12.7. The number of fused-ring (bicyclic) bond motifs is 1. The van der Waals surface area contributed by atoms with E-state index in [4.69, 9.17) is 18.6 Å². The minimum Gasteiger partial charge on any atom is -0.496 e. The fourth-order valence-corrected chi connectivity index (χ4v) is 2.88. The second kappa shape index (κ2) is 8.76. The van der Waals surface area contributed by atoms with Crippen LogP contribution in [-0.2, 0) is 11.2 Å². The summed E-state index contributed by atoms with van der Waals surface area (Å²) in [5, 5.41) is 0.543. The third-order valence-electron chi connectivity index (χ3n) is 4.34. The van der Waals surface area contributed by atoms with Crippen molar-refractivity contribution in [2.45, 2.75) is 20.3 Å². The number of hydrogen-bond donors (Lipinski definition) is 0. The Bertz CT molecular complexity index is 1040. The second-order valence-electron chi connectivity index (χ2n) is 6.70. The highest BCUT2D eigenvalue weighted by molar-refractivity contribution is 5.81. The van der Waals surface area contributed by atoms with Crippen molar-refractivity contribution >= 4 is 11.0 Å². The van der Waals surface area contributed by atoms with Crippen molar-refractivity contribution in [2.24, 2.45) is 0 Å². The van der Waals surface area contributed by atoms with Gasteiger partial charge in [-0.1, -0.05) is 11.6 Å². The quantitative estimate of drug-likeness (QED) is 0.428. The highest BCUT2D eigenvalue weighted by atomic mass is 16.7. The van der Waals surface area contributed by atoms with Crippen molar-refractivity contribution in [3.8, 4) is 22.8 Å². The smallest absolute Gasteiger partial charge is 0.193 e. The molecule has 0 bridgehead atoms. The number of methoxy groups -OCH3 is 2. The summed E-state index contributed by atoms with van der Waals surface area (Å²) < 4.78 is 21.8. The van der Waals surface area contributed by atoms with Gasteiger partial charge in [-0.2, -0.15) is 0 Å². The van der Waals surface area contributed by atoms with Gasteiger partial charge in [0.05, 0.1) is 12.5 Å². The fraction of sp³-hybridized carbons (Fsp3) is 0.261. The lowest BCUT2D eigenvalue weighted by atomic mass is 10.0. The minimum absolute atomic E-state index is 0.0861. The summed E-state index contributed by atoms with van der Waals surface area (Å²) in [5.74, 6) is 1.88. The van der Waals surface area contributed by atoms with E-state index in [0.717, 1.165) is 11.1 Å². The Labute approximate surface area is 164 Å². The molecule has 3 rings (SSSR count). The van der Waals surface area contributed by atoms with Crippen molar-refractivity contribution < 1.29 is 18.6 Å². The topological polar surface area (TPSA) is 57.9 Å². The van der Waals surface area contributed by atoms with E-state index in [1.54, 1.807) is 20.3 Å². The van der Waals surface area contributed by atoms with Gasteiger partial charge in [0.2, 0.25) is 0 Å². The molecular formula is C23H24O5. The number of benzene rings is 2. The Morgan fingerprint density at radius 2 is 1.82 bits per heavy atom. The molecule has 0 unspecified atom stereocenters. The van der Waals surface area contributed by atoms with Crippen molar-refractivity contribution in [3.05, 3.63) is 69.9 Å². The average molecular weight is 380 g/mol. The third-order valence-corrected chi connectivity index (χ3v) is 4.34. The fourth-order valence-electron chi connectivity index (χ4n) is 2.88. The molecule has 0 spiro atoms. The molecule has 0 aliphatic heterocycles. The maximum absolute atomic E-state index is 12.7. The number of rotatable bonds is 7. The maximum Gasteiger partial charge on any atom is 0.193 e. The molecular weight excluding hydrogens is 356 g/mol. The molecule has 28 heavy (non-hydrogen) atoms. The van der Waals surface area contributed by atoms with E-state index in [1.165, 1.54) is 11.6 Å². The molecule has 146 valence electrons. The Kier molecular flexibility index (Phi) is 6.16. The van der Waals surface area contributed by atoms with Crippen LogP contribution in [0.5, 0.6) is 11.5 Å². The van der Waals surface area contributed by atoms with Crippen LogP contribution < -0.4 is 14.9 Å². The lowest BCUT2D eigenvalue weighted by Gasteiger charge is -2.10. The zero-order valence-electron chi connectivity index (χ0n) is 16.6. The molecule has 0 saturated carbocycles. The highest BCUT2D eigenvalue weighted by Gasteiger charge is 2.12. The summed E-state index contributed by atoms with van der Waals surface area (Å²) in [4.78, 5) is 12.7. The Balaban J connectivity index is 2.01. The standard InChI is InChI=1S/C23H24O5/c1-15(2)5-6-17-11-19-20(24)12-22(28-23(19)13-21(17)26-4)16-7-9-18(10-8-16)27-14-25-3/h5,7-13H,6,14H2,1-4H3. The monoisotopic (exact) mass is 380 g/mol. The molecule has 0 saturated heterocycles. The van der Waals surface area contributed by atoms with Gasteiger partial charge in [-0.3, -0.25) is 4.79 Å². The van der Waals surface area contributed by atoms with Gasteiger partial charge in [-0.15, -0.1) is 0 Å². The van der Waals surface area contributed by atoms with Crippen LogP contribution in [0.25, 0.3) is 22.3 Å². The van der Waals surface area contributed by atoms with Crippen molar-refractivity contribution in [2.75, 3.05) is 21.0 Å². The van der Waals surface area contributed by atoms with Gasteiger partial charge in [-0.25, -0.2) is 0 Å². The summed E-state index contributed by atoms with van der Waals surface area (Å²) in [6.45, 7) is 4.26. The van der Waals surface area contributed by atoms with E-state index >= 15 is 0 Å². The van der Waals surface area contributed by atoms with Gasteiger partial charge < -0.3 is 18.6 Å². The van der Waals surface area contributed by atoms with Crippen molar-refractivity contribution in [1.29, 1.82) is 0 Å². The summed E-state index contributed by atoms with van der Waals surface area (Å²) >= 11 is 0. The van der Waals surface area contributed by atoms with Crippen LogP contribution in [0.1, 0.15) is 19.4 Å². The van der Waals surface area contributed by atoms with Gasteiger partial charge in [0.1, 0.15) is 22.8 Å². The molecule has 0 atom stereocenters. The first-order valence-corrected chi connectivity index (χ1v) is 9.02. The SMILES string of the molecule is COCOc1ccc(-c2cc(=O)c3cc(CC=C(C)C)c(OC)cc3o2)cc1. The highest BCUT2D eigenvalue weighted by Crippen LogP contribution is 2.29. The average Bonchev–Trinajstić information content (AvgIpc) is 2.70. The Morgan fingerprint density at radius 3 is 2.46 bits per heavy atom. The van der Waals surface area contributed by atoms with Gasteiger partial charge in [-0.05, 0) is 56.2 Å². The zero-order chi connectivity index (χ0) is 20.1. The van der Waals surface area contributed by atoms with Crippen LogP contribution in [0.15, 0.2) is 63.3 Å². The molecule has 1 heterocycles. The van der Waals surface area contributed by atoms with E-state index in [0.29, 0.717) is 34.6 Å². The summed E-state index contributed by atoms with van der Waals surface area (Å²) in [6, 6.07) is 12.5. The molecule has 3 aromatic rings. The predicted octanol–water partition coefficient (Wildman–Crippen LogP) is 4.96. The number of hydrogen-bond acceptors (Lipinski definition) is 5. The van der Waals surface area contributed by atoms with Gasteiger partial charge >= 0.3 is 0 Å². The lowest BCUT2D eigenvalue weighted by molar-refractivity contribution is 0.0511. The Morgan fingerprint density at radius 1 is 1.07 bits per heavy atom. The summed E-state index contributed by atoms with van der Waals surface area (Å²) in [5.41, 5.74) is 3.37. The first-order valence-electron chi connectivity index (χ1n) is 9.02. The third kappa shape index (κ3) is 4.43. The molecule has 5 nitrogen and oxygen atoms in total. The molecule has 1 aromatic heterocycles. The van der Waals surface area contributed by atoms with Crippen LogP contribution in [-0.4, -0.2) is 21.0 Å². The van der Waals surface area contributed by atoms with Crippen LogP contribution >= 0.6 is 0 Å². The molecule has 5 heteroatoms. The van der Waals surface area contributed by atoms with E-state index in [-0.39, 0.29) is 12.2 Å². The summed E-state index contributed by atoms with van der Waals surface area (Å²) in [6.07, 6.45) is 2.80. The van der Waals surface area contributed by atoms with Crippen LogP contribution in [0.3, 0.4) is 0 Å². The second-order valence-corrected chi connectivity index (χ2v) is 6.70. The van der Waals surface area contributed by atoms with Gasteiger partial charge in [0.25, 0.3) is 0 Å². The van der Waals surface area contributed by atoms with Crippen molar-refractivity contribution in [3.63, 3.8) is 0 Å². The molecule has 2 aromatic carbocycles. The molecule has 0 fully saturated rings. The van der Waals surface area contributed by atoms with E-state index in [2.05, 4.69) is 6.08 Å². The predicted molar refractivity (Wildman–Crippen MR) is 110 cm³/mol. The normalized spacial score (nSPS) is 10.7. The largest absolute Gasteiger partial charge is 0.496 e. The zero-order valence-corrected chi connectivity index (χ0v) is 16.6. The number of allylic oxidation sites excluding steroid dienone is 2. The Hall–Kier alpha value is -3.05. The van der Waals surface area contributed by atoms with E-state index < -0.39 is 0 Å². The molecule has 0 aliphatic carbocycles. The van der Waals surface area contributed by atoms with Gasteiger partial charge in [0, 0.05) is 24.8 Å². The summed E-state index contributed by atoms with van der Waals surface area (Å²) in [7, 11) is 3.19. The van der Waals surface area contributed by atoms with E-state index in [1.807, 2.05) is 44.2 Å². The van der Waals surface area contributed by atoms with Crippen molar-refractivity contribution in [1.82, 2.24) is 0 Å². The van der Waals surface area contributed by atoms with Gasteiger partial charge in [0.15, 0.2) is 12.2 Å². The first-order chi connectivity index (χ1) is 13.5. The van der Waals surface area contributed by atoms with Crippen LogP contribution in [0.4, 0.5) is 0 Å². The molecule has 0 N–H and O–H groups in total. The first kappa shape index (κ1) is 19.7. The minimum atomic E-state index is -0.0861. The molecule has 0 radical (unpaired) electrons. The molecule has 0 aliphatic rings. The van der Waals surface area contributed by atoms with E-state index in [9.17, 15) is 4.79 Å².